The quantitative estimate of drug-likeness (QED) is 0.875. The lowest BCUT2D eigenvalue weighted by Crippen LogP contribution is -2.42. The average Bonchev–Trinajstić information content (AvgIpc) is 2.53. The number of carbonyl (C=O) groups is 1. The molecule has 1 saturated heterocycles. The summed E-state index contributed by atoms with van der Waals surface area (Å²) in [7, 11) is 0. The fourth-order valence-corrected chi connectivity index (χ4v) is 2.44. The molecule has 0 saturated carbocycles. The maximum absolute atomic E-state index is 11.6. The molecule has 1 aliphatic heterocycles. The molecule has 0 radical (unpaired) electrons. The number of fused-ring (bicyclic) bond motifs is 1. The van der Waals surface area contributed by atoms with Crippen molar-refractivity contribution in [3.05, 3.63) is 24.5 Å². The summed E-state index contributed by atoms with van der Waals surface area (Å²) < 4.78 is 5.26. The highest BCUT2D eigenvalue weighted by Crippen LogP contribution is 2.31. The Morgan fingerprint density at radius 3 is 2.81 bits per heavy atom. The monoisotopic (exact) mass is 288 g/mol. The maximum atomic E-state index is 11.6. The Morgan fingerprint density at radius 2 is 2.05 bits per heavy atom. The number of nitrogens with one attached hydrogen (secondary N) is 1. The highest BCUT2D eigenvalue weighted by atomic mass is 16.5. The number of rotatable bonds is 4. The van der Waals surface area contributed by atoms with Crippen molar-refractivity contribution >= 4 is 23.0 Å². The summed E-state index contributed by atoms with van der Waals surface area (Å²) in [5.74, 6) is -0.186. The predicted molar refractivity (Wildman–Crippen MR) is 75.9 cm³/mol. The largest absolute Gasteiger partial charge is 0.481 e. The lowest BCUT2D eigenvalue weighted by Gasteiger charge is -2.33. The number of carboxylic acids is 1. The van der Waals surface area contributed by atoms with Crippen molar-refractivity contribution in [3.63, 3.8) is 0 Å². The Balaban J connectivity index is 1.76. The molecule has 0 spiro atoms. The molecule has 0 aromatic carbocycles. The first kappa shape index (κ1) is 13.7. The molecule has 3 rings (SSSR count). The summed E-state index contributed by atoms with van der Waals surface area (Å²) in [4.78, 5) is 24.2. The van der Waals surface area contributed by atoms with Crippen LogP contribution in [0.2, 0.25) is 0 Å². The number of hydrogen-bond acceptors (Lipinski definition) is 6. The SMILES string of the molecule is O=C(O)C1(CNc2ccc3nccnc3n2)CCOCC1. The number of aromatic nitrogens is 3. The molecule has 0 unspecified atom stereocenters. The summed E-state index contributed by atoms with van der Waals surface area (Å²) in [6.45, 7) is 1.28. The van der Waals surface area contributed by atoms with E-state index in [1.807, 2.05) is 6.07 Å². The number of hydrogen-bond donors (Lipinski definition) is 2. The minimum absolute atomic E-state index is 0.324. The molecule has 0 amide bonds. The summed E-state index contributed by atoms with van der Waals surface area (Å²) in [6.07, 6.45) is 4.19. The van der Waals surface area contributed by atoms with Crippen LogP contribution in [-0.2, 0) is 9.53 Å². The second-order valence-corrected chi connectivity index (χ2v) is 5.15. The third-order valence-electron chi connectivity index (χ3n) is 3.84. The van der Waals surface area contributed by atoms with Crippen molar-refractivity contribution in [2.24, 2.45) is 5.41 Å². The maximum Gasteiger partial charge on any atom is 0.311 e. The highest BCUT2D eigenvalue weighted by Gasteiger charge is 2.40. The van der Waals surface area contributed by atoms with E-state index in [0.29, 0.717) is 49.6 Å². The first-order valence-corrected chi connectivity index (χ1v) is 6.82. The zero-order valence-corrected chi connectivity index (χ0v) is 11.5. The molecule has 1 fully saturated rings. The molecular formula is C14H16N4O3. The number of carboxylic acid groups (broad SMARTS) is 1. The molecule has 110 valence electrons. The Bertz CT molecular complexity index is 655. The van der Waals surface area contributed by atoms with Gasteiger partial charge in [-0.05, 0) is 25.0 Å². The molecule has 0 bridgehead atoms. The van der Waals surface area contributed by atoms with E-state index < -0.39 is 11.4 Å². The first-order valence-electron chi connectivity index (χ1n) is 6.82. The lowest BCUT2D eigenvalue weighted by molar-refractivity contribution is -0.153. The van der Waals surface area contributed by atoms with E-state index in [0.717, 1.165) is 0 Å². The Morgan fingerprint density at radius 1 is 1.29 bits per heavy atom. The van der Waals surface area contributed by atoms with E-state index >= 15 is 0 Å². The van der Waals surface area contributed by atoms with E-state index in [2.05, 4.69) is 20.3 Å². The topological polar surface area (TPSA) is 97.2 Å². The third kappa shape index (κ3) is 2.78. The molecular weight excluding hydrogens is 272 g/mol. The second-order valence-electron chi connectivity index (χ2n) is 5.15. The molecule has 0 atom stereocenters. The normalized spacial score (nSPS) is 17.5. The van der Waals surface area contributed by atoms with Crippen LogP contribution in [0.1, 0.15) is 12.8 Å². The molecule has 7 heteroatoms. The zero-order chi connectivity index (χ0) is 14.7. The van der Waals surface area contributed by atoms with Crippen LogP contribution < -0.4 is 5.32 Å². The third-order valence-corrected chi connectivity index (χ3v) is 3.84. The fourth-order valence-electron chi connectivity index (χ4n) is 2.44. The molecule has 0 aliphatic carbocycles. The molecule has 21 heavy (non-hydrogen) atoms. The van der Waals surface area contributed by atoms with Crippen LogP contribution in [0.5, 0.6) is 0 Å². The average molecular weight is 288 g/mol. The van der Waals surface area contributed by atoms with Gasteiger partial charge in [-0.25, -0.2) is 9.97 Å². The van der Waals surface area contributed by atoms with Gasteiger partial charge < -0.3 is 15.2 Å². The second kappa shape index (κ2) is 5.61. The van der Waals surface area contributed by atoms with Gasteiger partial charge in [0.15, 0.2) is 5.65 Å². The van der Waals surface area contributed by atoms with E-state index in [1.165, 1.54) is 0 Å². The molecule has 1 aliphatic rings. The van der Waals surface area contributed by atoms with Gasteiger partial charge in [-0.15, -0.1) is 0 Å². The van der Waals surface area contributed by atoms with Crippen LogP contribution in [0, 0.1) is 5.41 Å². The van der Waals surface area contributed by atoms with E-state index in [-0.39, 0.29) is 0 Å². The van der Waals surface area contributed by atoms with Gasteiger partial charge in [-0.3, -0.25) is 9.78 Å². The highest BCUT2D eigenvalue weighted by molar-refractivity contribution is 5.76. The van der Waals surface area contributed by atoms with Gasteiger partial charge >= 0.3 is 5.97 Å². The van der Waals surface area contributed by atoms with Gasteiger partial charge in [0.2, 0.25) is 0 Å². The zero-order valence-electron chi connectivity index (χ0n) is 11.5. The standard InChI is InChI=1S/C14H16N4O3/c19-13(20)14(3-7-21-8-4-14)9-17-11-2-1-10-12(18-11)16-6-5-15-10/h1-2,5-6H,3-4,7-9H2,(H,19,20)(H,16,17,18). The van der Waals surface area contributed by atoms with Crippen LogP contribution in [-0.4, -0.2) is 45.8 Å². The number of aliphatic carboxylic acids is 1. The molecule has 7 nitrogen and oxygen atoms in total. The van der Waals surface area contributed by atoms with Gasteiger partial charge in [-0.2, -0.15) is 0 Å². The molecule has 2 aromatic rings. The summed E-state index contributed by atoms with van der Waals surface area (Å²) in [5.41, 5.74) is 0.456. The van der Waals surface area contributed by atoms with Gasteiger partial charge in [0.1, 0.15) is 11.3 Å². The van der Waals surface area contributed by atoms with Crippen molar-refractivity contribution < 1.29 is 14.6 Å². The smallest absolute Gasteiger partial charge is 0.311 e. The van der Waals surface area contributed by atoms with Crippen LogP contribution in [0.15, 0.2) is 24.5 Å². The Hall–Kier alpha value is -2.28. The molecule has 2 aromatic heterocycles. The van der Waals surface area contributed by atoms with Crippen LogP contribution in [0.4, 0.5) is 5.82 Å². The van der Waals surface area contributed by atoms with Crippen LogP contribution in [0.25, 0.3) is 11.2 Å². The van der Waals surface area contributed by atoms with Gasteiger partial charge in [0, 0.05) is 32.2 Å². The number of pyridine rings is 1. The first-order chi connectivity index (χ1) is 10.2. The summed E-state index contributed by atoms with van der Waals surface area (Å²) in [6, 6.07) is 3.60. The number of ether oxygens (including phenoxy) is 1. The fraction of sp³-hybridized carbons (Fsp3) is 0.429. The number of nitrogens with zero attached hydrogens (tertiary/aromatic N) is 3. The minimum Gasteiger partial charge on any atom is -0.481 e. The van der Waals surface area contributed by atoms with Gasteiger partial charge in [0.25, 0.3) is 0 Å². The Labute approximate surface area is 121 Å². The predicted octanol–water partition coefficient (Wildman–Crippen LogP) is 1.32. The van der Waals surface area contributed by atoms with Crippen molar-refractivity contribution in [1.82, 2.24) is 15.0 Å². The van der Waals surface area contributed by atoms with Crippen molar-refractivity contribution in [3.8, 4) is 0 Å². The van der Waals surface area contributed by atoms with Gasteiger partial charge in [-0.1, -0.05) is 0 Å². The molecule has 2 N–H and O–H groups in total. The minimum atomic E-state index is -0.794. The summed E-state index contributed by atoms with van der Waals surface area (Å²) in [5, 5.41) is 12.6. The van der Waals surface area contributed by atoms with Crippen LogP contribution >= 0.6 is 0 Å². The summed E-state index contributed by atoms with van der Waals surface area (Å²) >= 11 is 0. The van der Waals surface area contributed by atoms with Gasteiger partial charge in [0.05, 0.1) is 5.41 Å². The van der Waals surface area contributed by atoms with Crippen molar-refractivity contribution in [1.29, 1.82) is 0 Å². The Kier molecular flexibility index (Phi) is 3.66. The molecule has 3 heterocycles. The number of anilines is 1. The van der Waals surface area contributed by atoms with Crippen LogP contribution in [0.3, 0.4) is 0 Å². The van der Waals surface area contributed by atoms with E-state index in [4.69, 9.17) is 4.74 Å². The van der Waals surface area contributed by atoms with E-state index in [9.17, 15) is 9.90 Å². The van der Waals surface area contributed by atoms with Crippen molar-refractivity contribution in [2.45, 2.75) is 12.8 Å². The van der Waals surface area contributed by atoms with Crippen molar-refractivity contribution in [2.75, 3.05) is 25.1 Å². The lowest BCUT2D eigenvalue weighted by atomic mass is 9.80. The van der Waals surface area contributed by atoms with E-state index in [1.54, 1.807) is 18.5 Å².